The van der Waals surface area contributed by atoms with Crippen molar-refractivity contribution in [2.75, 3.05) is 19.1 Å². The number of hydrogen-bond donors (Lipinski definition) is 0. The summed E-state index contributed by atoms with van der Waals surface area (Å²) in [5.41, 5.74) is 3.82. The summed E-state index contributed by atoms with van der Waals surface area (Å²) < 4.78 is 10.6. The van der Waals surface area contributed by atoms with Gasteiger partial charge in [0.2, 0.25) is 0 Å². The summed E-state index contributed by atoms with van der Waals surface area (Å²) in [6.07, 6.45) is 0. The summed E-state index contributed by atoms with van der Waals surface area (Å²) in [6, 6.07) is 21.1. The Morgan fingerprint density at radius 1 is 0.857 bits per heavy atom. The monoisotopic (exact) mass is 373 g/mol. The summed E-state index contributed by atoms with van der Waals surface area (Å²) in [6.45, 7) is 0.277. The van der Waals surface area contributed by atoms with Crippen molar-refractivity contribution in [1.82, 2.24) is 0 Å². The molecule has 0 radical (unpaired) electrons. The minimum atomic E-state index is -0.565. The van der Waals surface area contributed by atoms with Crippen LogP contribution < -0.4 is 14.4 Å². The van der Waals surface area contributed by atoms with Gasteiger partial charge < -0.3 is 14.4 Å². The van der Waals surface area contributed by atoms with Gasteiger partial charge in [0, 0.05) is 12.1 Å². The van der Waals surface area contributed by atoms with Crippen LogP contribution in [0.25, 0.3) is 11.1 Å². The molecule has 5 heteroatoms. The normalized spacial score (nSPS) is 12.9. The molecule has 0 saturated heterocycles. The zero-order valence-electron chi connectivity index (χ0n) is 15.6. The molecule has 1 heterocycles. The van der Waals surface area contributed by atoms with Crippen LogP contribution in [0.3, 0.4) is 0 Å². The largest absolute Gasteiger partial charge is 0.497 e. The van der Waals surface area contributed by atoms with E-state index in [1.165, 1.54) is 19.1 Å². The molecular weight excluding hydrogens is 354 g/mol. The zero-order chi connectivity index (χ0) is 19.7. The average molecular weight is 373 g/mol. The van der Waals surface area contributed by atoms with Gasteiger partial charge in [0.15, 0.2) is 0 Å². The predicted octanol–water partition coefficient (Wildman–Crippen LogP) is 4.10. The van der Waals surface area contributed by atoms with Crippen molar-refractivity contribution in [3.8, 4) is 22.6 Å². The summed E-state index contributed by atoms with van der Waals surface area (Å²) in [5, 5.41) is 0. The number of rotatable bonds is 5. The van der Waals surface area contributed by atoms with Crippen LogP contribution in [0.15, 0.2) is 66.7 Å². The number of fused-ring (bicyclic) bond motifs is 1. The van der Waals surface area contributed by atoms with Gasteiger partial charge in [-0.05, 0) is 16.7 Å². The maximum Gasteiger partial charge on any atom is 0.299 e. The third-order valence-electron chi connectivity index (χ3n) is 4.90. The molecule has 5 nitrogen and oxygen atoms in total. The minimum Gasteiger partial charge on any atom is -0.497 e. The summed E-state index contributed by atoms with van der Waals surface area (Å²) >= 11 is 0. The van der Waals surface area contributed by atoms with Crippen LogP contribution in [0.1, 0.15) is 15.9 Å². The molecule has 4 rings (SSSR count). The van der Waals surface area contributed by atoms with E-state index in [1.807, 2.05) is 54.6 Å². The number of nitrogens with zero attached hydrogens (tertiary/aromatic N) is 1. The Morgan fingerprint density at radius 3 is 2.29 bits per heavy atom. The maximum absolute atomic E-state index is 12.8. The van der Waals surface area contributed by atoms with Crippen LogP contribution >= 0.6 is 0 Å². The quantitative estimate of drug-likeness (QED) is 0.632. The molecule has 1 aliphatic rings. The van der Waals surface area contributed by atoms with Gasteiger partial charge in [-0.2, -0.15) is 0 Å². The highest BCUT2D eigenvalue weighted by Gasteiger charge is 2.39. The lowest BCUT2D eigenvalue weighted by Crippen LogP contribution is -2.29. The van der Waals surface area contributed by atoms with E-state index in [0.717, 1.165) is 16.7 Å². The lowest BCUT2D eigenvalue weighted by atomic mass is 9.99. The SMILES string of the molecule is COc1cc(OC)c2c(c1)N(Cc1ccccc1-c1ccccc1)C(=O)C2=O. The van der Waals surface area contributed by atoms with E-state index in [1.54, 1.807) is 12.1 Å². The van der Waals surface area contributed by atoms with Crippen LogP contribution in [-0.4, -0.2) is 25.9 Å². The number of carbonyl (C=O) groups excluding carboxylic acids is 2. The van der Waals surface area contributed by atoms with Gasteiger partial charge >= 0.3 is 0 Å². The molecule has 3 aromatic rings. The number of ether oxygens (including phenoxy) is 2. The Bertz CT molecular complexity index is 1060. The van der Waals surface area contributed by atoms with Gasteiger partial charge in [0.05, 0.1) is 32.0 Å². The first-order valence-corrected chi connectivity index (χ1v) is 8.89. The standard InChI is InChI=1S/C23H19NO4/c1-27-17-12-19-21(20(13-17)28-2)22(25)23(26)24(19)14-16-10-6-7-11-18(16)15-8-4-3-5-9-15/h3-13H,14H2,1-2H3. The first-order valence-electron chi connectivity index (χ1n) is 8.89. The Balaban J connectivity index is 1.80. The molecule has 28 heavy (non-hydrogen) atoms. The third-order valence-corrected chi connectivity index (χ3v) is 4.90. The summed E-state index contributed by atoms with van der Waals surface area (Å²) in [4.78, 5) is 26.9. The minimum absolute atomic E-state index is 0.277. The number of anilines is 1. The lowest BCUT2D eigenvalue weighted by Gasteiger charge is -2.20. The van der Waals surface area contributed by atoms with Gasteiger partial charge in [0.25, 0.3) is 11.7 Å². The second-order valence-corrected chi connectivity index (χ2v) is 6.47. The van der Waals surface area contributed by atoms with E-state index in [2.05, 4.69) is 0 Å². The molecule has 1 aliphatic heterocycles. The van der Waals surface area contributed by atoms with Crippen LogP contribution in [-0.2, 0) is 11.3 Å². The molecule has 0 saturated carbocycles. The summed E-state index contributed by atoms with van der Waals surface area (Å²) in [5.74, 6) is -0.262. The van der Waals surface area contributed by atoms with Crippen LogP contribution in [0.4, 0.5) is 5.69 Å². The van der Waals surface area contributed by atoms with Crippen molar-refractivity contribution in [3.05, 3.63) is 77.9 Å². The number of benzene rings is 3. The molecule has 0 unspecified atom stereocenters. The molecule has 140 valence electrons. The Morgan fingerprint density at radius 2 is 1.57 bits per heavy atom. The van der Waals surface area contributed by atoms with Gasteiger partial charge in [-0.15, -0.1) is 0 Å². The molecule has 0 aromatic heterocycles. The van der Waals surface area contributed by atoms with Crippen LogP contribution in [0.5, 0.6) is 11.5 Å². The second kappa shape index (κ2) is 7.19. The number of amides is 1. The zero-order valence-corrected chi connectivity index (χ0v) is 15.6. The average Bonchev–Trinajstić information content (AvgIpc) is 2.99. The van der Waals surface area contributed by atoms with Crippen molar-refractivity contribution in [1.29, 1.82) is 0 Å². The predicted molar refractivity (Wildman–Crippen MR) is 107 cm³/mol. The first-order chi connectivity index (χ1) is 13.6. The number of Topliss-reactive ketones (excluding diaryl/α,β-unsaturated/α-hetero) is 1. The van der Waals surface area contributed by atoms with Crippen LogP contribution in [0, 0.1) is 0 Å². The van der Waals surface area contributed by atoms with Gasteiger partial charge in [-0.3, -0.25) is 9.59 Å². The molecule has 0 atom stereocenters. The van der Waals surface area contributed by atoms with Crippen molar-refractivity contribution in [2.45, 2.75) is 6.54 Å². The molecule has 0 bridgehead atoms. The molecule has 0 N–H and O–H groups in total. The smallest absolute Gasteiger partial charge is 0.299 e. The molecule has 0 fully saturated rings. The molecule has 3 aromatic carbocycles. The molecule has 0 spiro atoms. The van der Waals surface area contributed by atoms with Crippen LogP contribution in [0.2, 0.25) is 0 Å². The van der Waals surface area contributed by atoms with Gasteiger partial charge in [-0.25, -0.2) is 0 Å². The number of carbonyl (C=O) groups is 2. The number of ketones is 1. The van der Waals surface area contributed by atoms with Gasteiger partial charge in [0.1, 0.15) is 11.5 Å². The number of methoxy groups -OCH3 is 2. The van der Waals surface area contributed by atoms with E-state index in [9.17, 15) is 9.59 Å². The molecule has 1 amide bonds. The fourth-order valence-electron chi connectivity index (χ4n) is 3.52. The van der Waals surface area contributed by atoms with Crippen molar-refractivity contribution in [2.24, 2.45) is 0 Å². The third kappa shape index (κ3) is 2.91. The van der Waals surface area contributed by atoms with Crippen molar-refractivity contribution in [3.63, 3.8) is 0 Å². The lowest BCUT2D eigenvalue weighted by molar-refractivity contribution is -0.114. The van der Waals surface area contributed by atoms with Gasteiger partial charge in [-0.1, -0.05) is 54.6 Å². The van der Waals surface area contributed by atoms with E-state index in [4.69, 9.17) is 9.47 Å². The Labute approximate surface area is 163 Å². The fourth-order valence-corrected chi connectivity index (χ4v) is 3.52. The Kier molecular flexibility index (Phi) is 4.57. The van der Waals surface area contributed by atoms with Crippen molar-refractivity contribution >= 4 is 17.4 Å². The highest BCUT2D eigenvalue weighted by Crippen LogP contribution is 2.40. The maximum atomic E-state index is 12.8. The fraction of sp³-hybridized carbons (Fsp3) is 0.130. The topological polar surface area (TPSA) is 55.8 Å². The first kappa shape index (κ1) is 17.8. The second-order valence-electron chi connectivity index (χ2n) is 6.47. The summed E-state index contributed by atoms with van der Waals surface area (Å²) in [7, 11) is 3.01. The highest BCUT2D eigenvalue weighted by atomic mass is 16.5. The molecular formula is C23H19NO4. The van der Waals surface area contributed by atoms with E-state index in [-0.39, 0.29) is 12.1 Å². The van der Waals surface area contributed by atoms with Crippen molar-refractivity contribution < 1.29 is 19.1 Å². The van der Waals surface area contributed by atoms with E-state index < -0.39 is 11.7 Å². The number of hydrogen-bond acceptors (Lipinski definition) is 4. The molecule has 0 aliphatic carbocycles. The highest BCUT2D eigenvalue weighted by molar-refractivity contribution is 6.53. The van der Waals surface area contributed by atoms with E-state index >= 15 is 0 Å². The Hall–Kier alpha value is -3.60. The van der Waals surface area contributed by atoms with E-state index in [0.29, 0.717) is 17.2 Å².